The molecular weight excluding hydrogens is 693 g/mol. The van der Waals surface area contributed by atoms with Crippen LogP contribution >= 0.6 is 34.5 Å². The fourth-order valence-corrected chi connectivity index (χ4v) is 7.69. The number of anilines is 1. The number of ether oxygens (including phenoxy) is 4. The Morgan fingerprint density at radius 1 is 1.02 bits per heavy atom. The van der Waals surface area contributed by atoms with Crippen molar-refractivity contribution in [2.24, 2.45) is 5.92 Å². The number of para-hydroxylation sites is 1. The van der Waals surface area contributed by atoms with Gasteiger partial charge in [-0.2, -0.15) is 0 Å². The van der Waals surface area contributed by atoms with Crippen molar-refractivity contribution in [3.63, 3.8) is 0 Å². The van der Waals surface area contributed by atoms with E-state index in [9.17, 15) is 19.8 Å². The van der Waals surface area contributed by atoms with Crippen molar-refractivity contribution in [1.29, 1.82) is 0 Å². The van der Waals surface area contributed by atoms with Crippen LogP contribution in [0, 0.1) is 5.92 Å². The summed E-state index contributed by atoms with van der Waals surface area (Å²) >= 11 is 14.1. The fraction of sp³-hybridized carbons (Fsp3) is 0.343. The van der Waals surface area contributed by atoms with E-state index in [1.807, 2.05) is 0 Å². The normalized spacial score (nSPS) is 18.8. The zero-order valence-corrected chi connectivity index (χ0v) is 29.2. The number of H-pyrrole nitrogens is 1. The maximum absolute atomic E-state index is 13.7. The molecule has 3 fully saturated rings. The quantitative estimate of drug-likeness (QED) is 0.128. The summed E-state index contributed by atoms with van der Waals surface area (Å²) in [6.07, 6.45) is 3.53. The third kappa shape index (κ3) is 7.67. The number of halogens is 2. The van der Waals surface area contributed by atoms with Crippen molar-refractivity contribution in [2.45, 2.75) is 38.0 Å². The van der Waals surface area contributed by atoms with E-state index in [0.29, 0.717) is 44.1 Å². The van der Waals surface area contributed by atoms with E-state index in [1.165, 1.54) is 37.3 Å². The number of carbonyl (C=O) groups excluding carboxylic acids is 2. The first kappa shape index (κ1) is 34.6. The predicted molar refractivity (Wildman–Crippen MR) is 184 cm³/mol. The molecule has 0 saturated carbocycles. The van der Waals surface area contributed by atoms with Crippen molar-refractivity contribution < 1.29 is 43.7 Å². The summed E-state index contributed by atoms with van der Waals surface area (Å²) in [6, 6.07) is 12.9. The van der Waals surface area contributed by atoms with Gasteiger partial charge in [0.1, 0.15) is 27.1 Å². The summed E-state index contributed by atoms with van der Waals surface area (Å²) < 4.78 is 23.0. The number of pyridine rings is 1. The standard InChI is InChI=1S/C35H35Cl2N3O8S/c1-45-28-8-6-21(14-30(28)46-2)29(15-23-24(36)16-38-17-25(23)37)47-34(43)32-9-7-22(49-32)18-40(26-4-3-5-27(41)33(26)42)35(44)48-31-19-39-12-10-20(31)11-13-39/h3-9,14,16-17,20,29,31,41-42H,10-13,15,18-19H2,1-2H3/p+1/t29-,31-/m0/s1. The summed E-state index contributed by atoms with van der Waals surface area (Å²) in [5.74, 6) is -0.177. The molecule has 0 aliphatic carbocycles. The lowest BCUT2D eigenvalue weighted by molar-refractivity contribution is -0.377. The molecule has 2 aromatic heterocycles. The molecule has 2 bridgehead atoms. The van der Waals surface area contributed by atoms with E-state index in [-0.39, 0.29) is 41.3 Å². The Morgan fingerprint density at radius 2 is 1.76 bits per heavy atom. The van der Waals surface area contributed by atoms with Gasteiger partial charge in [-0.1, -0.05) is 35.3 Å². The molecule has 2 aromatic carbocycles. The smallest absolute Gasteiger partial charge is 0.415 e. The highest BCUT2D eigenvalue weighted by Gasteiger charge is 2.38. The molecule has 1 amide bonds. The number of phenols is 2. The van der Waals surface area contributed by atoms with Gasteiger partial charge in [-0.3, -0.25) is 9.80 Å². The predicted octanol–water partition coefficient (Wildman–Crippen LogP) is 6.68. The molecule has 0 radical (unpaired) electrons. The largest absolute Gasteiger partial charge is 0.504 e. The molecular formula is C35H36Cl2N3O8S+. The Kier molecular flexibility index (Phi) is 10.7. The summed E-state index contributed by atoms with van der Waals surface area (Å²) in [4.78, 5) is 34.7. The van der Waals surface area contributed by atoms with Crippen LogP contribution in [-0.2, 0) is 22.4 Å². The molecule has 258 valence electrons. The van der Waals surface area contributed by atoms with Gasteiger partial charge in [0.15, 0.2) is 35.4 Å². The number of piperidine rings is 3. The number of carbonyl (C=O) groups is 2. The van der Waals surface area contributed by atoms with Crippen LogP contribution in [0.1, 0.15) is 44.6 Å². The van der Waals surface area contributed by atoms with Gasteiger partial charge in [0.25, 0.3) is 0 Å². The number of aromatic hydroxyl groups is 2. The van der Waals surface area contributed by atoms with Gasteiger partial charge in [-0.25, -0.2) is 14.6 Å². The average molecular weight is 730 g/mol. The molecule has 0 unspecified atom stereocenters. The Hall–Kier alpha value is -4.23. The number of aromatic amines is 1. The zero-order valence-electron chi connectivity index (χ0n) is 26.9. The molecule has 3 N–H and O–H groups in total. The lowest BCUT2D eigenvalue weighted by atomic mass is 9.86. The number of aromatic nitrogens is 1. The number of nitrogens with one attached hydrogen (secondary N) is 1. The first-order valence-electron chi connectivity index (χ1n) is 15.7. The lowest BCUT2D eigenvalue weighted by Gasteiger charge is -2.44. The minimum atomic E-state index is -0.812. The number of nitrogens with zero attached hydrogens (tertiary/aromatic N) is 2. The topological polar surface area (TPSA) is 132 Å². The van der Waals surface area contributed by atoms with Gasteiger partial charge < -0.3 is 29.2 Å². The number of rotatable bonds is 11. The number of benzene rings is 2. The van der Waals surface area contributed by atoms with Crippen LogP contribution in [0.5, 0.6) is 23.0 Å². The first-order chi connectivity index (χ1) is 23.6. The number of fused-ring (bicyclic) bond motifs is 3. The van der Waals surface area contributed by atoms with Crippen LogP contribution < -0.4 is 19.4 Å². The Morgan fingerprint density at radius 3 is 2.43 bits per heavy atom. The number of amides is 1. The van der Waals surface area contributed by atoms with E-state index < -0.39 is 23.9 Å². The number of esters is 1. The van der Waals surface area contributed by atoms with E-state index in [4.69, 9.17) is 42.1 Å². The lowest BCUT2D eigenvalue weighted by Crippen LogP contribution is -2.53. The second-order valence-electron chi connectivity index (χ2n) is 11.9. The Balaban J connectivity index is 1.24. The molecule has 7 rings (SSSR count). The minimum Gasteiger partial charge on any atom is -0.504 e. The highest BCUT2D eigenvalue weighted by Crippen LogP contribution is 2.39. The third-order valence-electron chi connectivity index (χ3n) is 8.94. The molecule has 3 aliphatic heterocycles. The van der Waals surface area contributed by atoms with Crippen LogP contribution in [0.4, 0.5) is 10.5 Å². The number of thiophene rings is 1. The van der Waals surface area contributed by atoms with Crippen molar-refractivity contribution in [2.75, 3.05) is 38.8 Å². The monoisotopic (exact) mass is 728 g/mol. The highest BCUT2D eigenvalue weighted by molar-refractivity contribution is 7.14. The summed E-state index contributed by atoms with van der Waals surface area (Å²) in [6.45, 7) is 2.60. The highest BCUT2D eigenvalue weighted by atomic mass is 35.5. The molecule has 2 atom stereocenters. The molecule has 14 heteroatoms. The van der Waals surface area contributed by atoms with Gasteiger partial charge in [0.05, 0.1) is 26.5 Å². The van der Waals surface area contributed by atoms with Crippen LogP contribution in [-0.4, -0.2) is 67.1 Å². The van der Waals surface area contributed by atoms with Gasteiger partial charge in [0, 0.05) is 23.4 Å². The second-order valence-corrected chi connectivity index (χ2v) is 13.9. The number of hydrogen-bond acceptors (Lipinski definition) is 10. The van der Waals surface area contributed by atoms with Crippen molar-refractivity contribution in [3.05, 3.63) is 91.9 Å². The number of hydrogen-bond donors (Lipinski definition) is 2. The van der Waals surface area contributed by atoms with Gasteiger partial charge in [0.2, 0.25) is 0 Å². The molecule has 5 heterocycles. The van der Waals surface area contributed by atoms with Crippen molar-refractivity contribution in [1.82, 2.24) is 4.90 Å². The van der Waals surface area contributed by atoms with Crippen molar-refractivity contribution >= 4 is 52.3 Å². The second kappa shape index (κ2) is 15.1. The van der Waals surface area contributed by atoms with E-state index in [2.05, 4.69) is 9.88 Å². The van der Waals surface area contributed by atoms with Crippen molar-refractivity contribution in [3.8, 4) is 23.0 Å². The SMILES string of the molecule is COc1ccc([C@H](Cc2c(Cl)c[nH+]cc2Cl)OC(=O)c2ccc(CN(C(=O)O[C@H]3CN4CCC3CC4)c3cccc(O)c3O)s2)cc1OC. The van der Waals surface area contributed by atoms with Gasteiger partial charge in [-0.05, 0) is 73.8 Å². The summed E-state index contributed by atoms with van der Waals surface area (Å²) in [7, 11) is 3.05. The molecule has 11 nitrogen and oxygen atoms in total. The minimum absolute atomic E-state index is 0.0280. The van der Waals surface area contributed by atoms with Crippen LogP contribution in [0.25, 0.3) is 0 Å². The third-order valence-corrected chi connectivity index (χ3v) is 10.7. The van der Waals surface area contributed by atoms with E-state index in [0.717, 1.165) is 37.3 Å². The zero-order chi connectivity index (χ0) is 34.7. The van der Waals surface area contributed by atoms with E-state index in [1.54, 1.807) is 42.7 Å². The van der Waals surface area contributed by atoms with E-state index >= 15 is 0 Å². The Labute approximate surface area is 297 Å². The molecule has 4 aromatic rings. The van der Waals surface area contributed by atoms with Gasteiger partial charge >= 0.3 is 12.1 Å². The van der Waals surface area contributed by atoms with Gasteiger partial charge in [-0.15, -0.1) is 11.3 Å². The maximum Gasteiger partial charge on any atom is 0.415 e. The molecule has 49 heavy (non-hydrogen) atoms. The number of phenolic OH excluding ortho intramolecular Hbond substituents is 2. The van der Waals surface area contributed by atoms with Crippen LogP contribution in [0.3, 0.4) is 0 Å². The molecule has 3 saturated heterocycles. The maximum atomic E-state index is 13.7. The Bertz CT molecular complexity index is 1810. The molecule has 0 spiro atoms. The first-order valence-corrected chi connectivity index (χ1v) is 17.3. The summed E-state index contributed by atoms with van der Waals surface area (Å²) in [5.41, 5.74) is 1.31. The van der Waals surface area contributed by atoms with Crippen LogP contribution in [0.2, 0.25) is 10.0 Å². The molecule has 3 aliphatic rings. The average Bonchev–Trinajstić information content (AvgIpc) is 3.59. The van der Waals surface area contributed by atoms with Crippen LogP contribution in [0.15, 0.2) is 60.9 Å². The number of methoxy groups -OCH3 is 2. The fourth-order valence-electron chi connectivity index (χ4n) is 6.28. The summed E-state index contributed by atoms with van der Waals surface area (Å²) in [5, 5.41) is 21.7.